The van der Waals surface area contributed by atoms with E-state index in [9.17, 15) is 0 Å². The molecule has 0 aromatic carbocycles. The highest BCUT2D eigenvalue weighted by molar-refractivity contribution is 4.82. The van der Waals surface area contributed by atoms with Crippen molar-refractivity contribution >= 4 is 0 Å². The quantitative estimate of drug-likeness (QED) is 0.369. The van der Waals surface area contributed by atoms with Gasteiger partial charge in [0.1, 0.15) is 0 Å². The molecule has 0 radical (unpaired) electrons. The van der Waals surface area contributed by atoms with Crippen LogP contribution < -0.4 is 0 Å². The summed E-state index contributed by atoms with van der Waals surface area (Å²) in [4.78, 5) is 0. The molecule has 0 heterocycles. The molecule has 0 N–H and O–H groups in total. The lowest BCUT2D eigenvalue weighted by Gasteiger charge is -2.39. The zero-order valence-corrected chi connectivity index (χ0v) is 16.6. The summed E-state index contributed by atoms with van der Waals surface area (Å²) >= 11 is 0. The van der Waals surface area contributed by atoms with E-state index in [1.165, 1.54) is 38.5 Å². The van der Waals surface area contributed by atoms with E-state index in [0.29, 0.717) is 5.41 Å². The Kier molecular flexibility index (Phi) is 9.90. The standard InChI is InChI=1S/C21H44/c1-10-19(15-21(9,11-2)12-3)20(14-17(6)7)18(8)13-16(4)5/h16-20H,10-15H2,1-9H3. The maximum absolute atomic E-state index is 2.52. The van der Waals surface area contributed by atoms with Crippen LogP contribution in [0.5, 0.6) is 0 Å². The molecule has 3 unspecified atom stereocenters. The molecule has 0 aliphatic carbocycles. The predicted octanol–water partition coefficient (Wildman–Crippen LogP) is 7.57. The maximum atomic E-state index is 2.52. The summed E-state index contributed by atoms with van der Waals surface area (Å²) in [6, 6.07) is 0. The Morgan fingerprint density at radius 3 is 1.57 bits per heavy atom. The van der Waals surface area contributed by atoms with Gasteiger partial charge in [-0.3, -0.25) is 0 Å². The van der Waals surface area contributed by atoms with Crippen molar-refractivity contribution < 1.29 is 0 Å². The Morgan fingerprint density at radius 1 is 0.762 bits per heavy atom. The molecular formula is C21H44. The van der Waals surface area contributed by atoms with Crippen LogP contribution >= 0.6 is 0 Å². The second-order valence-corrected chi connectivity index (χ2v) is 8.79. The van der Waals surface area contributed by atoms with Gasteiger partial charge in [-0.15, -0.1) is 0 Å². The molecule has 128 valence electrons. The largest absolute Gasteiger partial charge is 0.0651 e. The fourth-order valence-corrected chi connectivity index (χ4v) is 4.12. The second kappa shape index (κ2) is 9.90. The lowest BCUT2D eigenvalue weighted by molar-refractivity contribution is 0.114. The molecule has 21 heavy (non-hydrogen) atoms. The summed E-state index contributed by atoms with van der Waals surface area (Å²) in [5.74, 6) is 4.35. The first-order valence-corrected chi connectivity index (χ1v) is 9.68. The van der Waals surface area contributed by atoms with Gasteiger partial charge in [-0.05, 0) is 54.3 Å². The van der Waals surface area contributed by atoms with Gasteiger partial charge in [-0.25, -0.2) is 0 Å². The van der Waals surface area contributed by atoms with Crippen molar-refractivity contribution in [3.63, 3.8) is 0 Å². The van der Waals surface area contributed by atoms with E-state index in [1.54, 1.807) is 0 Å². The van der Waals surface area contributed by atoms with Gasteiger partial charge in [-0.2, -0.15) is 0 Å². The van der Waals surface area contributed by atoms with E-state index in [2.05, 4.69) is 62.3 Å². The third-order valence-corrected chi connectivity index (χ3v) is 5.91. The van der Waals surface area contributed by atoms with Crippen LogP contribution in [0.25, 0.3) is 0 Å². The van der Waals surface area contributed by atoms with Gasteiger partial charge in [0.05, 0.1) is 0 Å². The molecule has 0 aromatic rings. The van der Waals surface area contributed by atoms with Crippen LogP contribution in [0.3, 0.4) is 0 Å². The van der Waals surface area contributed by atoms with Crippen LogP contribution in [-0.2, 0) is 0 Å². The lowest BCUT2D eigenvalue weighted by Crippen LogP contribution is -2.29. The first-order chi connectivity index (χ1) is 9.68. The molecule has 0 saturated carbocycles. The van der Waals surface area contributed by atoms with E-state index in [-0.39, 0.29) is 0 Å². The minimum absolute atomic E-state index is 0.549. The molecule has 0 aromatic heterocycles. The number of rotatable bonds is 11. The van der Waals surface area contributed by atoms with Crippen molar-refractivity contribution in [3.8, 4) is 0 Å². The highest BCUT2D eigenvalue weighted by Crippen LogP contribution is 2.42. The van der Waals surface area contributed by atoms with Gasteiger partial charge in [-0.1, -0.05) is 81.6 Å². The molecule has 0 rings (SSSR count). The van der Waals surface area contributed by atoms with Crippen LogP contribution in [0.4, 0.5) is 0 Å². The lowest BCUT2D eigenvalue weighted by atomic mass is 9.66. The van der Waals surface area contributed by atoms with Gasteiger partial charge < -0.3 is 0 Å². The molecule has 0 saturated heterocycles. The van der Waals surface area contributed by atoms with Gasteiger partial charge in [0.15, 0.2) is 0 Å². The Bertz CT molecular complexity index is 247. The van der Waals surface area contributed by atoms with Crippen molar-refractivity contribution in [1.29, 1.82) is 0 Å². The van der Waals surface area contributed by atoms with E-state index in [1.807, 2.05) is 0 Å². The average Bonchev–Trinajstić information content (AvgIpc) is 2.41. The fourth-order valence-electron chi connectivity index (χ4n) is 4.12. The molecule has 0 spiro atoms. The minimum atomic E-state index is 0.549. The third-order valence-electron chi connectivity index (χ3n) is 5.91. The Labute approximate surface area is 136 Å². The predicted molar refractivity (Wildman–Crippen MR) is 98.7 cm³/mol. The fraction of sp³-hybridized carbons (Fsp3) is 1.00. The SMILES string of the molecule is CCC(CC(C)(CC)CC)C(CC(C)C)C(C)CC(C)C. The summed E-state index contributed by atoms with van der Waals surface area (Å²) in [5.41, 5.74) is 0.549. The summed E-state index contributed by atoms with van der Waals surface area (Å²) in [5, 5.41) is 0. The van der Waals surface area contributed by atoms with E-state index in [0.717, 1.165) is 29.6 Å². The van der Waals surface area contributed by atoms with Crippen LogP contribution in [0.15, 0.2) is 0 Å². The van der Waals surface area contributed by atoms with Crippen molar-refractivity contribution in [1.82, 2.24) is 0 Å². The molecule has 0 heteroatoms. The normalized spacial score (nSPS) is 17.3. The Balaban J connectivity index is 5.06. The third kappa shape index (κ3) is 7.71. The van der Waals surface area contributed by atoms with E-state index in [4.69, 9.17) is 0 Å². The van der Waals surface area contributed by atoms with Gasteiger partial charge in [0, 0.05) is 0 Å². The topological polar surface area (TPSA) is 0 Å². The summed E-state index contributed by atoms with van der Waals surface area (Å²) < 4.78 is 0. The summed E-state index contributed by atoms with van der Waals surface area (Å²) in [6.07, 6.45) is 8.24. The van der Waals surface area contributed by atoms with Crippen LogP contribution in [0.1, 0.15) is 101 Å². The van der Waals surface area contributed by atoms with Crippen molar-refractivity contribution in [2.24, 2.45) is 35.0 Å². The van der Waals surface area contributed by atoms with Crippen LogP contribution in [-0.4, -0.2) is 0 Å². The van der Waals surface area contributed by atoms with Crippen LogP contribution in [0.2, 0.25) is 0 Å². The van der Waals surface area contributed by atoms with E-state index >= 15 is 0 Å². The first kappa shape index (κ1) is 21.0. The minimum Gasteiger partial charge on any atom is -0.0651 e. The van der Waals surface area contributed by atoms with Gasteiger partial charge in [0.25, 0.3) is 0 Å². The Morgan fingerprint density at radius 2 is 1.24 bits per heavy atom. The average molecular weight is 297 g/mol. The molecule has 3 atom stereocenters. The molecule has 0 amide bonds. The highest BCUT2D eigenvalue weighted by Gasteiger charge is 2.32. The summed E-state index contributed by atoms with van der Waals surface area (Å²) in [6.45, 7) is 21.8. The second-order valence-electron chi connectivity index (χ2n) is 8.79. The van der Waals surface area contributed by atoms with Crippen LogP contribution in [0, 0.1) is 35.0 Å². The maximum Gasteiger partial charge on any atom is -0.0328 e. The van der Waals surface area contributed by atoms with Gasteiger partial charge >= 0.3 is 0 Å². The summed E-state index contributed by atoms with van der Waals surface area (Å²) in [7, 11) is 0. The molecule has 0 bridgehead atoms. The molecule has 0 fully saturated rings. The number of hydrogen-bond acceptors (Lipinski definition) is 0. The van der Waals surface area contributed by atoms with Crippen molar-refractivity contribution in [3.05, 3.63) is 0 Å². The Hall–Kier alpha value is 0. The zero-order chi connectivity index (χ0) is 16.6. The van der Waals surface area contributed by atoms with E-state index < -0.39 is 0 Å². The first-order valence-electron chi connectivity index (χ1n) is 9.68. The molecule has 0 nitrogen and oxygen atoms in total. The molecular weight excluding hydrogens is 252 g/mol. The number of hydrogen-bond donors (Lipinski definition) is 0. The molecule has 0 aliphatic rings. The van der Waals surface area contributed by atoms with Crippen molar-refractivity contribution in [2.75, 3.05) is 0 Å². The highest BCUT2D eigenvalue weighted by atomic mass is 14.4. The van der Waals surface area contributed by atoms with Crippen molar-refractivity contribution in [2.45, 2.75) is 101 Å². The smallest absolute Gasteiger partial charge is 0.0328 e. The monoisotopic (exact) mass is 296 g/mol. The molecule has 0 aliphatic heterocycles. The zero-order valence-electron chi connectivity index (χ0n) is 16.6. The van der Waals surface area contributed by atoms with Gasteiger partial charge in [0.2, 0.25) is 0 Å².